The number of hydrogen-bond donors (Lipinski definition) is 1. The van der Waals surface area contributed by atoms with E-state index in [2.05, 4.69) is 12.2 Å². The molecule has 0 saturated carbocycles. The summed E-state index contributed by atoms with van der Waals surface area (Å²) in [7, 11) is 3.22. The third kappa shape index (κ3) is 2.71. The van der Waals surface area contributed by atoms with Gasteiger partial charge in [0.15, 0.2) is 11.5 Å². The number of ether oxygens (including phenoxy) is 2. The SMILES string of the molecule is COc1ccc(C2NC(C)CCS2)c(Cl)c1OC. The molecule has 0 aromatic heterocycles. The maximum absolute atomic E-state index is 6.42. The second-order valence-corrected chi connectivity index (χ2v) is 5.90. The van der Waals surface area contributed by atoms with Gasteiger partial charge in [0.2, 0.25) is 0 Å². The molecule has 1 saturated heterocycles. The van der Waals surface area contributed by atoms with E-state index in [1.54, 1.807) is 14.2 Å². The smallest absolute Gasteiger partial charge is 0.179 e. The summed E-state index contributed by atoms with van der Waals surface area (Å²) in [5, 5.41) is 4.40. The van der Waals surface area contributed by atoms with Gasteiger partial charge in [-0.3, -0.25) is 5.32 Å². The average Bonchev–Trinajstić information content (AvgIpc) is 2.38. The summed E-state index contributed by atoms with van der Waals surface area (Å²) in [4.78, 5) is 0. The van der Waals surface area contributed by atoms with Gasteiger partial charge >= 0.3 is 0 Å². The third-order valence-electron chi connectivity index (χ3n) is 3.07. The Morgan fingerprint density at radius 1 is 1.33 bits per heavy atom. The van der Waals surface area contributed by atoms with Crippen molar-refractivity contribution in [3.63, 3.8) is 0 Å². The normalized spacial score (nSPS) is 23.8. The number of halogens is 1. The number of hydrogen-bond acceptors (Lipinski definition) is 4. The lowest BCUT2D eigenvalue weighted by Crippen LogP contribution is -2.33. The van der Waals surface area contributed by atoms with E-state index in [1.807, 2.05) is 23.9 Å². The van der Waals surface area contributed by atoms with Crippen molar-refractivity contribution in [1.29, 1.82) is 0 Å². The quantitative estimate of drug-likeness (QED) is 0.922. The van der Waals surface area contributed by atoms with Crippen LogP contribution < -0.4 is 14.8 Å². The van der Waals surface area contributed by atoms with Gasteiger partial charge in [-0.1, -0.05) is 17.7 Å². The maximum Gasteiger partial charge on any atom is 0.179 e. The van der Waals surface area contributed by atoms with Crippen molar-refractivity contribution < 1.29 is 9.47 Å². The predicted octanol–water partition coefficient (Wildman–Crippen LogP) is 3.47. The molecule has 2 rings (SSSR count). The zero-order chi connectivity index (χ0) is 13.1. The van der Waals surface area contributed by atoms with Crippen LogP contribution in [-0.4, -0.2) is 26.0 Å². The standard InChI is InChI=1S/C13H18ClNO2S/c1-8-6-7-18-13(15-8)9-4-5-10(16-2)12(17-3)11(9)14/h4-5,8,13,15H,6-7H2,1-3H3. The van der Waals surface area contributed by atoms with E-state index >= 15 is 0 Å². The monoisotopic (exact) mass is 287 g/mol. The van der Waals surface area contributed by atoms with Crippen LogP contribution in [0.15, 0.2) is 12.1 Å². The molecule has 2 atom stereocenters. The zero-order valence-electron chi connectivity index (χ0n) is 10.8. The molecule has 3 nitrogen and oxygen atoms in total. The van der Waals surface area contributed by atoms with E-state index in [4.69, 9.17) is 21.1 Å². The third-order valence-corrected chi connectivity index (χ3v) is 4.65. The molecule has 1 aliphatic heterocycles. The van der Waals surface area contributed by atoms with E-state index in [9.17, 15) is 0 Å². The predicted molar refractivity (Wildman–Crippen MR) is 77.0 cm³/mol. The molecule has 0 aliphatic carbocycles. The Bertz CT molecular complexity index is 428. The summed E-state index contributed by atoms with van der Waals surface area (Å²) in [6.07, 6.45) is 1.19. The van der Waals surface area contributed by atoms with Crippen molar-refractivity contribution in [2.45, 2.75) is 24.8 Å². The van der Waals surface area contributed by atoms with E-state index in [1.165, 1.54) is 6.42 Å². The highest BCUT2D eigenvalue weighted by Crippen LogP contribution is 2.43. The fourth-order valence-electron chi connectivity index (χ4n) is 2.04. The Kier molecular flexibility index (Phi) is 4.65. The first-order chi connectivity index (χ1) is 8.67. The van der Waals surface area contributed by atoms with Gasteiger partial charge < -0.3 is 9.47 Å². The van der Waals surface area contributed by atoms with E-state index in [0.717, 1.165) is 11.3 Å². The molecule has 1 N–H and O–H groups in total. The van der Waals surface area contributed by atoms with Crippen LogP contribution >= 0.6 is 23.4 Å². The fraction of sp³-hybridized carbons (Fsp3) is 0.538. The molecule has 1 heterocycles. The highest BCUT2D eigenvalue weighted by molar-refractivity contribution is 7.99. The summed E-state index contributed by atoms with van der Waals surface area (Å²) in [6, 6.07) is 4.42. The zero-order valence-corrected chi connectivity index (χ0v) is 12.4. The molecular formula is C13H18ClNO2S. The summed E-state index contributed by atoms with van der Waals surface area (Å²) in [5.74, 6) is 2.42. The van der Waals surface area contributed by atoms with Crippen LogP contribution in [0.25, 0.3) is 0 Å². The number of thioether (sulfide) groups is 1. The summed E-state index contributed by atoms with van der Waals surface area (Å²) >= 11 is 8.29. The summed E-state index contributed by atoms with van der Waals surface area (Å²) in [5.41, 5.74) is 1.06. The number of methoxy groups -OCH3 is 2. The number of rotatable bonds is 3. The Balaban J connectivity index is 2.33. The molecule has 1 aromatic rings. The van der Waals surface area contributed by atoms with Crippen molar-refractivity contribution in [2.75, 3.05) is 20.0 Å². The van der Waals surface area contributed by atoms with Gasteiger partial charge in [-0.2, -0.15) is 0 Å². The van der Waals surface area contributed by atoms with Gasteiger partial charge in [0.05, 0.1) is 24.6 Å². The first-order valence-corrected chi connectivity index (χ1v) is 7.38. The van der Waals surface area contributed by atoms with Crippen LogP contribution in [0, 0.1) is 0 Å². The summed E-state index contributed by atoms with van der Waals surface area (Å²) < 4.78 is 10.6. The molecule has 1 aliphatic rings. The van der Waals surface area contributed by atoms with Crippen molar-refractivity contribution in [3.05, 3.63) is 22.7 Å². The molecule has 1 fully saturated rings. The molecule has 1 aromatic carbocycles. The van der Waals surface area contributed by atoms with Crippen LogP contribution in [-0.2, 0) is 0 Å². The van der Waals surface area contributed by atoms with Gasteiger partial charge in [-0.15, -0.1) is 11.8 Å². The minimum Gasteiger partial charge on any atom is -0.493 e. The lowest BCUT2D eigenvalue weighted by atomic mass is 10.1. The van der Waals surface area contributed by atoms with Gasteiger partial charge in [-0.05, 0) is 25.2 Å². The van der Waals surface area contributed by atoms with E-state index in [0.29, 0.717) is 22.6 Å². The van der Waals surface area contributed by atoms with Crippen LogP contribution in [0.1, 0.15) is 24.3 Å². The highest BCUT2D eigenvalue weighted by atomic mass is 35.5. The van der Waals surface area contributed by atoms with Crippen molar-refractivity contribution in [1.82, 2.24) is 5.32 Å². The molecule has 0 radical (unpaired) electrons. The lowest BCUT2D eigenvalue weighted by Gasteiger charge is -2.29. The molecule has 5 heteroatoms. The van der Waals surface area contributed by atoms with Crippen LogP contribution in [0.3, 0.4) is 0 Å². The Hall–Kier alpha value is -0.580. The molecule has 18 heavy (non-hydrogen) atoms. The number of nitrogens with one attached hydrogen (secondary N) is 1. The molecule has 100 valence electrons. The topological polar surface area (TPSA) is 30.5 Å². The molecular weight excluding hydrogens is 270 g/mol. The maximum atomic E-state index is 6.42. The van der Waals surface area contributed by atoms with Crippen LogP contribution in [0.4, 0.5) is 0 Å². The number of benzene rings is 1. The molecule has 0 bridgehead atoms. The highest BCUT2D eigenvalue weighted by Gasteiger charge is 2.24. The fourth-order valence-corrected chi connectivity index (χ4v) is 3.88. The molecule has 0 amide bonds. The van der Waals surface area contributed by atoms with Crippen molar-refractivity contribution in [3.8, 4) is 11.5 Å². The van der Waals surface area contributed by atoms with Crippen molar-refractivity contribution >= 4 is 23.4 Å². The van der Waals surface area contributed by atoms with E-state index < -0.39 is 0 Å². The average molecular weight is 288 g/mol. The van der Waals surface area contributed by atoms with Crippen molar-refractivity contribution in [2.24, 2.45) is 0 Å². The minimum atomic E-state index is 0.223. The van der Waals surface area contributed by atoms with Gasteiger partial charge in [0.25, 0.3) is 0 Å². The van der Waals surface area contributed by atoms with Crippen LogP contribution in [0.5, 0.6) is 11.5 Å². The molecule has 0 spiro atoms. The van der Waals surface area contributed by atoms with Crippen LogP contribution in [0.2, 0.25) is 5.02 Å². The lowest BCUT2D eigenvalue weighted by molar-refractivity contribution is 0.354. The Morgan fingerprint density at radius 3 is 2.72 bits per heavy atom. The first kappa shape index (κ1) is 13.8. The Labute approximate surface area is 117 Å². The minimum absolute atomic E-state index is 0.223. The largest absolute Gasteiger partial charge is 0.493 e. The second kappa shape index (κ2) is 6.04. The Morgan fingerprint density at radius 2 is 2.11 bits per heavy atom. The van der Waals surface area contributed by atoms with Gasteiger partial charge in [-0.25, -0.2) is 0 Å². The first-order valence-electron chi connectivity index (χ1n) is 5.95. The summed E-state index contributed by atoms with van der Waals surface area (Å²) in [6.45, 7) is 2.20. The van der Waals surface area contributed by atoms with E-state index in [-0.39, 0.29) is 5.37 Å². The van der Waals surface area contributed by atoms with Gasteiger partial charge in [0, 0.05) is 11.6 Å². The second-order valence-electron chi connectivity index (χ2n) is 4.31. The van der Waals surface area contributed by atoms with Gasteiger partial charge in [0.1, 0.15) is 0 Å². The molecule has 2 unspecified atom stereocenters.